The Hall–Kier alpha value is -0.880. The highest BCUT2D eigenvalue weighted by atomic mass is 32.2. The Morgan fingerprint density at radius 2 is 2.32 bits per heavy atom. The van der Waals surface area contributed by atoms with Crippen LogP contribution in [0.25, 0.3) is 0 Å². The molecule has 1 aliphatic rings. The largest absolute Gasteiger partial charge is 0.305 e. The fraction of sp³-hybridized carbons (Fsp3) is 0.769. The van der Waals surface area contributed by atoms with E-state index in [1.54, 1.807) is 0 Å². The second kappa shape index (κ2) is 5.25. The summed E-state index contributed by atoms with van der Waals surface area (Å²) < 4.78 is 25.0. The number of sulfone groups is 1. The summed E-state index contributed by atoms with van der Waals surface area (Å²) in [6, 6.07) is 2.39. The smallest absolute Gasteiger partial charge is 0.152 e. The number of rotatable bonds is 5. The summed E-state index contributed by atoms with van der Waals surface area (Å²) >= 11 is 0. The number of aromatic nitrogens is 2. The van der Waals surface area contributed by atoms with Gasteiger partial charge < -0.3 is 5.32 Å². The van der Waals surface area contributed by atoms with Crippen molar-refractivity contribution in [3.05, 3.63) is 18.0 Å². The van der Waals surface area contributed by atoms with Crippen molar-refractivity contribution in [2.75, 3.05) is 11.5 Å². The summed E-state index contributed by atoms with van der Waals surface area (Å²) in [4.78, 5) is 0. The molecule has 108 valence electrons. The number of nitrogens with one attached hydrogen (secondary N) is 1. The molecule has 1 aromatic heterocycles. The van der Waals surface area contributed by atoms with E-state index >= 15 is 0 Å². The normalized spacial score (nSPS) is 27.5. The summed E-state index contributed by atoms with van der Waals surface area (Å²) in [6.07, 6.45) is 3.71. The molecular weight excluding hydrogens is 262 g/mol. The zero-order valence-corrected chi connectivity index (χ0v) is 12.7. The zero-order chi connectivity index (χ0) is 14.1. The van der Waals surface area contributed by atoms with Gasteiger partial charge in [0.1, 0.15) is 0 Å². The molecule has 1 saturated heterocycles. The van der Waals surface area contributed by atoms with E-state index in [2.05, 4.69) is 24.3 Å². The van der Waals surface area contributed by atoms with Crippen LogP contribution in [0.5, 0.6) is 0 Å². The van der Waals surface area contributed by atoms with Gasteiger partial charge in [-0.2, -0.15) is 5.10 Å². The molecule has 1 aromatic rings. The minimum atomic E-state index is -2.86. The zero-order valence-electron chi connectivity index (χ0n) is 11.9. The van der Waals surface area contributed by atoms with Crippen LogP contribution in [0.1, 0.15) is 45.3 Å². The van der Waals surface area contributed by atoms with Gasteiger partial charge in [-0.25, -0.2) is 8.42 Å². The predicted octanol–water partition coefficient (Wildman–Crippen LogP) is 1.52. The SMILES string of the molecule is CCC(C)n1ccc(CNC2(C)CCS(=O)(=O)C2)n1. The monoisotopic (exact) mass is 285 g/mol. The minimum absolute atomic E-state index is 0.228. The second-order valence-corrected chi connectivity index (χ2v) is 7.98. The summed E-state index contributed by atoms with van der Waals surface area (Å²) in [6.45, 7) is 6.86. The molecule has 1 N–H and O–H groups in total. The van der Waals surface area contributed by atoms with Crippen LogP contribution in [0, 0.1) is 0 Å². The van der Waals surface area contributed by atoms with Crippen molar-refractivity contribution in [3.63, 3.8) is 0 Å². The molecule has 1 fully saturated rings. The minimum Gasteiger partial charge on any atom is -0.305 e. The number of hydrogen-bond donors (Lipinski definition) is 1. The van der Waals surface area contributed by atoms with Gasteiger partial charge in [0.25, 0.3) is 0 Å². The summed E-state index contributed by atoms with van der Waals surface area (Å²) in [5.74, 6) is 0.518. The van der Waals surface area contributed by atoms with E-state index < -0.39 is 9.84 Å². The molecule has 0 bridgehead atoms. The van der Waals surface area contributed by atoms with Crippen LogP contribution < -0.4 is 5.32 Å². The van der Waals surface area contributed by atoms with Crippen molar-refractivity contribution < 1.29 is 8.42 Å². The third-order valence-electron chi connectivity index (χ3n) is 3.91. The van der Waals surface area contributed by atoms with Crippen LogP contribution in [-0.4, -0.2) is 35.2 Å². The van der Waals surface area contributed by atoms with Crippen LogP contribution in [0.15, 0.2) is 12.3 Å². The van der Waals surface area contributed by atoms with E-state index in [0.29, 0.717) is 19.0 Å². The first kappa shape index (κ1) is 14.5. The quantitative estimate of drug-likeness (QED) is 0.891. The molecule has 0 aliphatic carbocycles. The molecule has 2 unspecified atom stereocenters. The van der Waals surface area contributed by atoms with Gasteiger partial charge in [0.15, 0.2) is 9.84 Å². The fourth-order valence-electron chi connectivity index (χ4n) is 2.36. The van der Waals surface area contributed by atoms with Crippen LogP contribution >= 0.6 is 0 Å². The lowest BCUT2D eigenvalue weighted by Crippen LogP contribution is -2.42. The van der Waals surface area contributed by atoms with Crippen molar-refractivity contribution in [1.82, 2.24) is 15.1 Å². The highest BCUT2D eigenvalue weighted by Crippen LogP contribution is 2.23. The molecule has 1 aliphatic heterocycles. The molecule has 5 nitrogen and oxygen atoms in total. The fourth-order valence-corrected chi connectivity index (χ4v) is 4.48. The first-order chi connectivity index (χ1) is 8.84. The van der Waals surface area contributed by atoms with E-state index in [9.17, 15) is 8.42 Å². The molecular formula is C13H23N3O2S. The van der Waals surface area contributed by atoms with E-state index in [1.807, 2.05) is 23.9 Å². The van der Waals surface area contributed by atoms with Crippen LogP contribution in [0.4, 0.5) is 0 Å². The first-order valence-electron chi connectivity index (χ1n) is 6.83. The summed E-state index contributed by atoms with van der Waals surface area (Å²) in [5.41, 5.74) is 0.657. The van der Waals surface area contributed by atoms with Gasteiger partial charge in [-0.05, 0) is 32.8 Å². The molecule has 19 heavy (non-hydrogen) atoms. The van der Waals surface area contributed by atoms with Crippen LogP contribution in [-0.2, 0) is 16.4 Å². The molecule has 0 saturated carbocycles. The van der Waals surface area contributed by atoms with Gasteiger partial charge in [-0.3, -0.25) is 4.68 Å². The van der Waals surface area contributed by atoms with E-state index in [4.69, 9.17) is 0 Å². The molecule has 0 aromatic carbocycles. The van der Waals surface area contributed by atoms with Crippen molar-refractivity contribution in [3.8, 4) is 0 Å². The predicted molar refractivity (Wildman–Crippen MR) is 75.7 cm³/mol. The second-order valence-electron chi connectivity index (χ2n) is 5.80. The maximum atomic E-state index is 11.5. The van der Waals surface area contributed by atoms with Gasteiger partial charge >= 0.3 is 0 Å². The molecule has 0 amide bonds. The molecule has 0 radical (unpaired) electrons. The van der Waals surface area contributed by atoms with E-state index in [0.717, 1.165) is 12.1 Å². The third-order valence-corrected chi connectivity index (χ3v) is 5.81. The molecule has 2 atom stereocenters. The average Bonchev–Trinajstić information content (AvgIpc) is 2.91. The molecule has 6 heteroatoms. The van der Waals surface area contributed by atoms with Gasteiger partial charge in [0.2, 0.25) is 0 Å². The Morgan fingerprint density at radius 1 is 1.58 bits per heavy atom. The average molecular weight is 285 g/mol. The third kappa shape index (κ3) is 3.57. The Labute approximate surface area is 115 Å². The summed E-state index contributed by atoms with van der Waals surface area (Å²) in [7, 11) is -2.86. The maximum Gasteiger partial charge on any atom is 0.152 e. The van der Waals surface area contributed by atoms with Gasteiger partial charge in [0, 0.05) is 24.3 Å². The lowest BCUT2D eigenvalue weighted by Gasteiger charge is -2.23. The Balaban J connectivity index is 1.94. The van der Waals surface area contributed by atoms with Gasteiger partial charge in [0.05, 0.1) is 17.2 Å². The van der Waals surface area contributed by atoms with Crippen molar-refractivity contribution in [2.45, 2.75) is 51.7 Å². The van der Waals surface area contributed by atoms with E-state index in [-0.39, 0.29) is 17.0 Å². The maximum absolute atomic E-state index is 11.5. The van der Waals surface area contributed by atoms with Crippen LogP contribution in [0.3, 0.4) is 0 Å². The molecule has 2 heterocycles. The molecule has 0 spiro atoms. The van der Waals surface area contributed by atoms with Gasteiger partial charge in [-0.15, -0.1) is 0 Å². The highest BCUT2D eigenvalue weighted by molar-refractivity contribution is 7.91. The van der Waals surface area contributed by atoms with Crippen LogP contribution in [0.2, 0.25) is 0 Å². The number of hydrogen-bond acceptors (Lipinski definition) is 4. The highest BCUT2D eigenvalue weighted by Gasteiger charge is 2.37. The lowest BCUT2D eigenvalue weighted by atomic mass is 10.0. The standard InChI is InChI=1S/C13H23N3O2S/c1-4-11(2)16-7-5-12(15-16)9-14-13(3)6-8-19(17,18)10-13/h5,7,11,14H,4,6,8-10H2,1-3H3. The van der Waals surface area contributed by atoms with Crippen molar-refractivity contribution >= 4 is 9.84 Å². The van der Waals surface area contributed by atoms with Crippen molar-refractivity contribution in [1.29, 1.82) is 0 Å². The molecule has 2 rings (SSSR count). The first-order valence-corrected chi connectivity index (χ1v) is 8.65. The van der Waals surface area contributed by atoms with Crippen molar-refractivity contribution in [2.24, 2.45) is 0 Å². The van der Waals surface area contributed by atoms with Gasteiger partial charge in [-0.1, -0.05) is 6.92 Å². The topological polar surface area (TPSA) is 64.0 Å². The Morgan fingerprint density at radius 3 is 2.89 bits per heavy atom. The number of nitrogens with zero attached hydrogens (tertiary/aromatic N) is 2. The Bertz CT molecular complexity index is 538. The Kier molecular flexibility index (Phi) is 4.01. The lowest BCUT2D eigenvalue weighted by molar-refractivity contribution is 0.389. The summed E-state index contributed by atoms with van der Waals surface area (Å²) in [5, 5.41) is 7.86. The van der Waals surface area contributed by atoms with E-state index in [1.165, 1.54) is 0 Å².